The molecule has 7 heteroatoms. The number of carbonyl (C=O) groups is 2. The highest BCUT2D eigenvalue weighted by Gasteiger charge is 2.33. The van der Waals surface area contributed by atoms with Crippen LogP contribution in [0.2, 0.25) is 0 Å². The van der Waals surface area contributed by atoms with E-state index in [0.29, 0.717) is 13.0 Å². The number of likely N-dealkylation sites (tertiary alicyclic amines) is 1. The van der Waals surface area contributed by atoms with E-state index in [1.54, 1.807) is 20.8 Å². The summed E-state index contributed by atoms with van der Waals surface area (Å²) < 4.78 is 5.18. The van der Waals surface area contributed by atoms with E-state index in [9.17, 15) is 14.5 Å². The van der Waals surface area contributed by atoms with Crippen LogP contribution >= 0.6 is 0 Å². The number of nitrogens with one attached hydrogen (secondary N) is 1. The van der Waals surface area contributed by atoms with E-state index in [4.69, 9.17) is 4.74 Å². The largest absolute Gasteiger partial charge is 0.444 e. The van der Waals surface area contributed by atoms with Crippen molar-refractivity contribution in [1.29, 1.82) is 0 Å². The van der Waals surface area contributed by atoms with Gasteiger partial charge in [-0.15, -0.1) is 4.91 Å². The molecule has 0 spiro atoms. The molecular formula is C10H17N3O4. The number of hydrogen-bond donors (Lipinski definition) is 1. The van der Waals surface area contributed by atoms with Crippen molar-refractivity contribution in [1.82, 2.24) is 10.3 Å². The molecule has 1 fully saturated rings. The number of carbonyl (C=O) groups excluding carboxylic acids is 2. The van der Waals surface area contributed by atoms with Gasteiger partial charge in [0.25, 0.3) is 0 Å². The highest BCUT2D eigenvalue weighted by atomic mass is 16.6. The summed E-state index contributed by atoms with van der Waals surface area (Å²) >= 11 is 0. The lowest BCUT2D eigenvalue weighted by Crippen LogP contribution is -2.36. The zero-order chi connectivity index (χ0) is 13.1. The summed E-state index contributed by atoms with van der Waals surface area (Å²) in [4.78, 5) is 34.3. The van der Waals surface area contributed by atoms with E-state index < -0.39 is 17.6 Å². The molecule has 0 aromatic rings. The fourth-order valence-corrected chi connectivity index (χ4v) is 1.60. The van der Waals surface area contributed by atoms with E-state index >= 15 is 0 Å². The summed E-state index contributed by atoms with van der Waals surface area (Å²) in [6, 6.07) is 0. The summed E-state index contributed by atoms with van der Waals surface area (Å²) in [5.41, 5.74) is 1.29. The molecule has 2 amide bonds. The molecular weight excluding hydrogens is 226 g/mol. The van der Waals surface area contributed by atoms with E-state index in [1.165, 1.54) is 4.90 Å². The number of nitrogens with zero attached hydrogens (tertiary/aromatic N) is 2. The standard InChI is InChI=1S/C10H17N3O4/c1-10(2,3)17-9(15)13-5-4-7(6-13)8(14)11-12-16/h7H,4-6H2,1-3H3,(H,11,14,16)/t7-/m1/s1. The Hall–Kier alpha value is -1.66. The van der Waals surface area contributed by atoms with Gasteiger partial charge >= 0.3 is 6.09 Å². The van der Waals surface area contributed by atoms with Crippen LogP contribution in [-0.2, 0) is 9.53 Å². The topological polar surface area (TPSA) is 88.1 Å². The van der Waals surface area contributed by atoms with Crippen molar-refractivity contribution in [3.05, 3.63) is 4.91 Å². The zero-order valence-corrected chi connectivity index (χ0v) is 10.2. The Morgan fingerprint density at radius 1 is 1.41 bits per heavy atom. The maximum atomic E-state index is 11.7. The van der Waals surface area contributed by atoms with Gasteiger partial charge in [0.1, 0.15) is 5.60 Å². The van der Waals surface area contributed by atoms with Crippen molar-refractivity contribution < 1.29 is 14.3 Å². The van der Waals surface area contributed by atoms with E-state index in [-0.39, 0.29) is 12.5 Å². The lowest BCUT2D eigenvalue weighted by molar-refractivity contribution is -0.124. The summed E-state index contributed by atoms with van der Waals surface area (Å²) in [7, 11) is 0. The molecule has 0 bridgehead atoms. The SMILES string of the molecule is CC(C)(C)OC(=O)N1CC[C@@H](C(=O)NN=O)C1. The van der Waals surface area contributed by atoms with Gasteiger partial charge in [-0.3, -0.25) is 4.79 Å². The number of rotatable bonds is 2. The van der Waals surface area contributed by atoms with Gasteiger partial charge in [0.05, 0.1) is 11.2 Å². The van der Waals surface area contributed by atoms with Gasteiger partial charge in [0, 0.05) is 13.1 Å². The smallest absolute Gasteiger partial charge is 0.410 e. The average molecular weight is 243 g/mol. The number of hydrogen-bond acceptors (Lipinski definition) is 5. The van der Waals surface area contributed by atoms with Crippen molar-refractivity contribution in [2.45, 2.75) is 32.8 Å². The first kappa shape index (κ1) is 13.4. The first-order valence-corrected chi connectivity index (χ1v) is 5.43. The number of ether oxygens (including phenoxy) is 1. The number of amides is 2. The minimum absolute atomic E-state index is 0.260. The average Bonchev–Trinajstić information content (AvgIpc) is 2.63. The number of nitroso groups, excluding NO2 is 1. The van der Waals surface area contributed by atoms with Crippen LogP contribution in [0.5, 0.6) is 0 Å². The molecule has 1 aliphatic heterocycles. The summed E-state index contributed by atoms with van der Waals surface area (Å²) in [5, 5.41) is 2.33. The summed E-state index contributed by atoms with van der Waals surface area (Å²) in [5.74, 6) is -0.841. The van der Waals surface area contributed by atoms with Crippen LogP contribution in [0.15, 0.2) is 5.29 Å². The predicted octanol–water partition coefficient (Wildman–Crippen LogP) is 1.04. The Labute approximate surface area is 99.4 Å². The molecule has 1 N–H and O–H groups in total. The Balaban J connectivity index is 2.47. The maximum absolute atomic E-state index is 11.7. The molecule has 0 aromatic heterocycles. The summed E-state index contributed by atoms with van der Waals surface area (Å²) in [6.07, 6.45) is 0.0764. The van der Waals surface area contributed by atoms with Crippen LogP contribution in [0.1, 0.15) is 27.2 Å². The molecule has 1 atom stereocenters. The van der Waals surface area contributed by atoms with Gasteiger partial charge in [0.2, 0.25) is 5.91 Å². The molecule has 1 rings (SSSR count). The maximum Gasteiger partial charge on any atom is 0.410 e. The van der Waals surface area contributed by atoms with Gasteiger partial charge < -0.3 is 9.64 Å². The Kier molecular flexibility index (Phi) is 4.03. The molecule has 1 aliphatic rings. The predicted molar refractivity (Wildman–Crippen MR) is 59.9 cm³/mol. The lowest BCUT2D eigenvalue weighted by atomic mass is 10.1. The summed E-state index contributed by atoms with van der Waals surface area (Å²) in [6.45, 7) is 6.05. The minimum atomic E-state index is -0.554. The molecule has 7 nitrogen and oxygen atoms in total. The van der Waals surface area contributed by atoms with Crippen LogP contribution in [0, 0.1) is 10.8 Å². The van der Waals surface area contributed by atoms with Gasteiger partial charge in [-0.05, 0) is 27.2 Å². The van der Waals surface area contributed by atoms with Crippen molar-refractivity contribution >= 4 is 12.0 Å². The fraction of sp³-hybridized carbons (Fsp3) is 0.800. The van der Waals surface area contributed by atoms with E-state index in [1.807, 2.05) is 5.43 Å². The van der Waals surface area contributed by atoms with Crippen LogP contribution < -0.4 is 5.43 Å². The van der Waals surface area contributed by atoms with Crippen LogP contribution in [-0.4, -0.2) is 35.6 Å². The van der Waals surface area contributed by atoms with Gasteiger partial charge in [-0.2, -0.15) is 0 Å². The molecule has 0 radical (unpaired) electrons. The third-order valence-electron chi connectivity index (χ3n) is 2.37. The van der Waals surface area contributed by atoms with Crippen molar-refractivity contribution in [3.63, 3.8) is 0 Å². The third-order valence-corrected chi connectivity index (χ3v) is 2.37. The highest BCUT2D eigenvalue weighted by molar-refractivity contribution is 5.80. The zero-order valence-electron chi connectivity index (χ0n) is 10.2. The van der Waals surface area contributed by atoms with Crippen molar-refractivity contribution in [2.24, 2.45) is 11.2 Å². The molecule has 1 saturated heterocycles. The van der Waals surface area contributed by atoms with Crippen LogP contribution in [0.4, 0.5) is 4.79 Å². The van der Waals surface area contributed by atoms with Crippen LogP contribution in [0.25, 0.3) is 0 Å². The molecule has 0 aliphatic carbocycles. The van der Waals surface area contributed by atoms with E-state index in [2.05, 4.69) is 5.29 Å². The highest BCUT2D eigenvalue weighted by Crippen LogP contribution is 2.19. The monoisotopic (exact) mass is 243 g/mol. The second-order valence-corrected chi connectivity index (χ2v) is 4.98. The van der Waals surface area contributed by atoms with Crippen molar-refractivity contribution in [2.75, 3.05) is 13.1 Å². The van der Waals surface area contributed by atoms with Gasteiger partial charge in [-0.1, -0.05) is 0 Å². The lowest BCUT2D eigenvalue weighted by Gasteiger charge is -2.24. The normalized spacial score (nSPS) is 19.9. The van der Waals surface area contributed by atoms with Gasteiger partial charge in [-0.25, -0.2) is 10.2 Å². The third kappa shape index (κ3) is 4.01. The second kappa shape index (κ2) is 5.11. The molecule has 0 aromatic carbocycles. The Morgan fingerprint density at radius 2 is 2.06 bits per heavy atom. The Bertz CT molecular complexity index is 324. The van der Waals surface area contributed by atoms with Crippen LogP contribution in [0.3, 0.4) is 0 Å². The first-order chi connectivity index (χ1) is 7.83. The molecule has 96 valence electrons. The van der Waals surface area contributed by atoms with E-state index in [0.717, 1.165) is 0 Å². The Morgan fingerprint density at radius 3 is 2.59 bits per heavy atom. The van der Waals surface area contributed by atoms with Crippen molar-refractivity contribution in [3.8, 4) is 0 Å². The minimum Gasteiger partial charge on any atom is -0.444 e. The van der Waals surface area contributed by atoms with Gasteiger partial charge in [0.15, 0.2) is 0 Å². The molecule has 0 unspecified atom stereocenters. The fourth-order valence-electron chi connectivity index (χ4n) is 1.60. The second-order valence-electron chi connectivity index (χ2n) is 4.98. The quantitative estimate of drug-likeness (QED) is 0.579. The molecule has 1 heterocycles. The molecule has 17 heavy (non-hydrogen) atoms. The molecule has 0 saturated carbocycles. The first-order valence-electron chi connectivity index (χ1n) is 5.43.